The number of nitrogens with zero attached hydrogens (tertiary/aromatic N) is 3. The molecule has 0 spiro atoms. The quantitative estimate of drug-likeness (QED) is 0.868. The van der Waals surface area contributed by atoms with Crippen molar-refractivity contribution in [3.8, 4) is 11.4 Å². The Morgan fingerprint density at radius 2 is 2.16 bits per heavy atom. The minimum Gasteiger partial charge on any atom is -0.481 e. The van der Waals surface area contributed by atoms with Crippen LogP contribution in [0.3, 0.4) is 0 Å². The molecule has 0 aliphatic carbocycles. The Kier molecular flexibility index (Phi) is 3.90. The normalized spacial score (nSPS) is 10.7. The van der Waals surface area contributed by atoms with E-state index in [1.165, 1.54) is 11.8 Å². The van der Waals surface area contributed by atoms with Crippen LogP contribution in [0.4, 0.5) is 0 Å². The Bertz CT molecular complexity index is 622. The summed E-state index contributed by atoms with van der Waals surface area (Å²) in [4.78, 5) is 15.0. The van der Waals surface area contributed by atoms with Gasteiger partial charge in [0.2, 0.25) is 0 Å². The Morgan fingerprint density at radius 3 is 2.84 bits per heavy atom. The van der Waals surface area contributed by atoms with Gasteiger partial charge in [0.15, 0.2) is 11.0 Å². The molecule has 0 unspecified atom stereocenters. The summed E-state index contributed by atoms with van der Waals surface area (Å²) in [6.45, 7) is 4.03. The molecular weight excluding hydrogens is 262 g/mol. The molecule has 0 atom stereocenters. The predicted octanol–water partition coefficient (Wildman–Crippen LogP) is 2.28. The van der Waals surface area contributed by atoms with Crippen LogP contribution in [-0.4, -0.2) is 31.6 Å². The number of carboxylic acid groups (broad SMARTS) is 1. The number of aliphatic carboxylic acids is 1. The van der Waals surface area contributed by atoms with Crippen LogP contribution in [-0.2, 0) is 11.8 Å². The second kappa shape index (κ2) is 5.44. The first-order chi connectivity index (χ1) is 8.97. The maximum Gasteiger partial charge on any atom is 0.313 e. The number of aryl methyl sites for hydroxylation is 3. The van der Waals surface area contributed by atoms with Crippen molar-refractivity contribution in [1.82, 2.24) is 14.8 Å². The van der Waals surface area contributed by atoms with E-state index in [9.17, 15) is 4.79 Å². The molecule has 5 nitrogen and oxygen atoms in total. The van der Waals surface area contributed by atoms with Gasteiger partial charge in [-0.25, -0.2) is 9.67 Å². The molecule has 0 saturated carbocycles. The van der Waals surface area contributed by atoms with Crippen molar-refractivity contribution < 1.29 is 9.90 Å². The third-order valence-electron chi connectivity index (χ3n) is 2.68. The molecule has 0 aliphatic heterocycles. The Morgan fingerprint density at radius 1 is 1.42 bits per heavy atom. The van der Waals surface area contributed by atoms with Crippen molar-refractivity contribution in [2.24, 2.45) is 7.05 Å². The van der Waals surface area contributed by atoms with Crippen LogP contribution >= 0.6 is 11.8 Å². The number of aromatic nitrogens is 3. The molecule has 1 heterocycles. The van der Waals surface area contributed by atoms with E-state index in [0.29, 0.717) is 11.0 Å². The molecule has 1 N–H and O–H groups in total. The SMILES string of the molecule is Cc1ccc(C)c(-c2nc(SCC(=O)O)n(C)n2)c1. The third kappa shape index (κ3) is 3.14. The van der Waals surface area contributed by atoms with E-state index in [4.69, 9.17) is 5.11 Å². The van der Waals surface area contributed by atoms with Gasteiger partial charge >= 0.3 is 5.97 Å². The first-order valence-corrected chi connectivity index (χ1v) is 6.79. The molecule has 100 valence electrons. The van der Waals surface area contributed by atoms with E-state index in [1.807, 2.05) is 32.0 Å². The molecule has 1 aromatic heterocycles. The fourth-order valence-electron chi connectivity index (χ4n) is 1.71. The molecule has 6 heteroatoms. The minimum atomic E-state index is -0.860. The van der Waals surface area contributed by atoms with Gasteiger partial charge in [0.25, 0.3) is 0 Å². The molecule has 0 bridgehead atoms. The Balaban J connectivity index is 2.33. The Hall–Kier alpha value is -1.82. The summed E-state index contributed by atoms with van der Waals surface area (Å²) in [7, 11) is 1.77. The van der Waals surface area contributed by atoms with E-state index in [0.717, 1.165) is 16.7 Å². The lowest BCUT2D eigenvalue weighted by Crippen LogP contribution is -2.00. The van der Waals surface area contributed by atoms with Crippen LogP contribution in [0.15, 0.2) is 23.4 Å². The van der Waals surface area contributed by atoms with Crippen LogP contribution in [0, 0.1) is 13.8 Å². The number of benzene rings is 1. The van der Waals surface area contributed by atoms with Crippen molar-refractivity contribution in [1.29, 1.82) is 0 Å². The summed E-state index contributed by atoms with van der Waals surface area (Å²) in [6.07, 6.45) is 0. The van der Waals surface area contributed by atoms with E-state index in [2.05, 4.69) is 10.1 Å². The van der Waals surface area contributed by atoms with E-state index < -0.39 is 5.97 Å². The average Bonchev–Trinajstić information content (AvgIpc) is 2.71. The number of thioether (sulfide) groups is 1. The number of hydrogen-bond donors (Lipinski definition) is 1. The van der Waals surface area contributed by atoms with Gasteiger partial charge in [-0.1, -0.05) is 29.5 Å². The second-order valence-corrected chi connectivity index (χ2v) is 5.28. The van der Waals surface area contributed by atoms with E-state index >= 15 is 0 Å². The van der Waals surface area contributed by atoms with Crippen LogP contribution in [0.5, 0.6) is 0 Å². The highest BCUT2D eigenvalue weighted by atomic mass is 32.2. The topological polar surface area (TPSA) is 68.0 Å². The molecule has 0 amide bonds. The number of hydrogen-bond acceptors (Lipinski definition) is 4. The zero-order valence-corrected chi connectivity index (χ0v) is 11.9. The summed E-state index contributed by atoms with van der Waals surface area (Å²) in [5.41, 5.74) is 3.23. The standard InChI is InChI=1S/C13H15N3O2S/c1-8-4-5-9(2)10(6-8)12-14-13(16(3)15-12)19-7-11(17)18/h4-6H,7H2,1-3H3,(H,17,18). The molecule has 2 aromatic rings. The molecule has 2 rings (SSSR count). The van der Waals surface area contributed by atoms with Gasteiger partial charge in [0, 0.05) is 12.6 Å². The maximum absolute atomic E-state index is 10.6. The van der Waals surface area contributed by atoms with E-state index in [1.54, 1.807) is 11.7 Å². The van der Waals surface area contributed by atoms with Crippen LogP contribution in [0.2, 0.25) is 0 Å². The number of carboxylic acids is 1. The van der Waals surface area contributed by atoms with Gasteiger partial charge < -0.3 is 5.11 Å². The fourth-order valence-corrected chi connectivity index (χ4v) is 2.34. The van der Waals surface area contributed by atoms with Gasteiger partial charge in [-0.2, -0.15) is 5.10 Å². The molecule has 1 aromatic carbocycles. The third-order valence-corrected chi connectivity index (χ3v) is 3.69. The van der Waals surface area contributed by atoms with Crippen LogP contribution in [0.1, 0.15) is 11.1 Å². The van der Waals surface area contributed by atoms with Gasteiger partial charge in [0.05, 0.1) is 5.75 Å². The summed E-state index contributed by atoms with van der Waals surface area (Å²) in [6, 6.07) is 6.11. The average molecular weight is 277 g/mol. The van der Waals surface area contributed by atoms with Gasteiger partial charge in [-0.15, -0.1) is 0 Å². The van der Waals surface area contributed by atoms with Gasteiger partial charge in [-0.05, 0) is 25.5 Å². The highest BCUT2D eigenvalue weighted by Crippen LogP contribution is 2.24. The molecule has 0 fully saturated rings. The summed E-state index contributed by atoms with van der Waals surface area (Å²) < 4.78 is 1.62. The second-order valence-electron chi connectivity index (χ2n) is 4.34. The summed E-state index contributed by atoms with van der Waals surface area (Å²) in [5, 5.41) is 13.7. The Labute approximate surface area is 115 Å². The number of carbonyl (C=O) groups is 1. The molecule has 0 saturated heterocycles. The number of rotatable bonds is 4. The lowest BCUT2D eigenvalue weighted by Gasteiger charge is -2.02. The largest absolute Gasteiger partial charge is 0.481 e. The molecule has 0 radical (unpaired) electrons. The lowest BCUT2D eigenvalue weighted by molar-refractivity contribution is -0.133. The minimum absolute atomic E-state index is 0.0151. The summed E-state index contributed by atoms with van der Waals surface area (Å²) >= 11 is 1.17. The zero-order chi connectivity index (χ0) is 14.0. The highest BCUT2D eigenvalue weighted by molar-refractivity contribution is 7.99. The smallest absolute Gasteiger partial charge is 0.313 e. The van der Waals surface area contributed by atoms with Crippen molar-refractivity contribution in [3.63, 3.8) is 0 Å². The van der Waals surface area contributed by atoms with Crippen molar-refractivity contribution >= 4 is 17.7 Å². The van der Waals surface area contributed by atoms with Crippen LogP contribution < -0.4 is 0 Å². The lowest BCUT2D eigenvalue weighted by atomic mass is 10.1. The highest BCUT2D eigenvalue weighted by Gasteiger charge is 2.13. The molecular formula is C13H15N3O2S. The van der Waals surface area contributed by atoms with Crippen molar-refractivity contribution in [2.75, 3.05) is 5.75 Å². The van der Waals surface area contributed by atoms with Crippen LogP contribution in [0.25, 0.3) is 11.4 Å². The maximum atomic E-state index is 10.6. The van der Waals surface area contributed by atoms with Crippen molar-refractivity contribution in [2.45, 2.75) is 19.0 Å². The zero-order valence-electron chi connectivity index (χ0n) is 11.0. The molecule has 19 heavy (non-hydrogen) atoms. The predicted molar refractivity (Wildman–Crippen MR) is 74.3 cm³/mol. The molecule has 0 aliphatic rings. The van der Waals surface area contributed by atoms with Gasteiger partial charge in [0.1, 0.15) is 0 Å². The van der Waals surface area contributed by atoms with E-state index in [-0.39, 0.29) is 5.75 Å². The first-order valence-electron chi connectivity index (χ1n) is 5.80. The van der Waals surface area contributed by atoms with Gasteiger partial charge in [-0.3, -0.25) is 4.79 Å². The first kappa shape index (κ1) is 13.6. The fraction of sp³-hybridized carbons (Fsp3) is 0.308. The van der Waals surface area contributed by atoms with Crippen molar-refractivity contribution in [3.05, 3.63) is 29.3 Å². The summed E-state index contributed by atoms with van der Waals surface area (Å²) in [5.74, 6) is -0.239. The monoisotopic (exact) mass is 277 g/mol.